The lowest BCUT2D eigenvalue weighted by Gasteiger charge is -2.42. The van der Waals surface area contributed by atoms with E-state index in [0.717, 1.165) is 12.8 Å². The Balaban J connectivity index is 1.96. The van der Waals surface area contributed by atoms with Crippen molar-refractivity contribution in [3.8, 4) is 0 Å². The third-order valence-electron chi connectivity index (χ3n) is 6.28. The van der Waals surface area contributed by atoms with Crippen molar-refractivity contribution in [2.45, 2.75) is 38.1 Å². The van der Waals surface area contributed by atoms with E-state index in [2.05, 4.69) is 123 Å². The summed E-state index contributed by atoms with van der Waals surface area (Å²) < 4.78 is 0. The molecule has 3 nitrogen and oxygen atoms in total. The number of benzene rings is 3. The molecule has 0 fully saturated rings. The highest BCUT2D eigenvalue weighted by molar-refractivity contribution is 5.28. The van der Waals surface area contributed by atoms with E-state index in [0.29, 0.717) is 0 Å². The first-order valence-corrected chi connectivity index (χ1v) is 11.2. The second-order valence-corrected chi connectivity index (χ2v) is 8.61. The molecule has 0 spiro atoms. The van der Waals surface area contributed by atoms with E-state index in [1.165, 1.54) is 16.7 Å². The van der Waals surface area contributed by atoms with Crippen LogP contribution >= 0.6 is 0 Å². The average molecular weight is 417 g/mol. The van der Waals surface area contributed by atoms with Crippen molar-refractivity contribution in [3.05, 3.63) is 108 Å². The van der Waals surface area contributed by atoms with Crippen LogP contribution in [0.1, 0.15) is 42.1 Å². The fourth-order valence-electron chi connectivity index (χ4n) is 4.58. The third kappa shape index (κ3) is 5.82. The summed E-state index contributed by atoms with van der Waals surface area (Å²) in [6.07, 6.45) is 1.23. The summed E-state index contributed by atoms with van der Waals surface area (Å²) in [4.78, 5) is 4.43. The zero-order chi connectivity index (χ0) is 22.2. The van der Waals surface area contributed by atoms with E-state index in [9.17, 15) is 5.11 Å². The Kier molecular flexibility index (Phi) is 8.42. The van der Waals surface area contributed by atoms with Crippen LogP contribution in [0.2, 0.25) is 0 Å². The van der Waals surface area contributed by atoms with E-state index >= 15 is 0 Å². The molecule has 4 atom stereocenters. The second-order valence-electron chi connectivity index (χ2n) is 8.61. The van der Waals surface area contributed by atoms with Crippen molar-refractivity contribution in [3.63, 3.8) is 0 Å². The van der Waals surface area contributed by atoms with Gasteiger partial charge in [-0.3, -0.25) is 4.90 Å². The van der Waals surface area contributed by atoms with Gasteiger partial charge in [0.25, 0.3) is 0 Å². The zero-order valence-corrected chi connectivity index (χ0v) is 19.2. The summed E-state index contributed by atoms with van der Waals surface area (Å²) >= 11 is 0. The van der Waals surface area contributed by atoms with Crippen LogP contribution in [0.4, 0.5) is 0 Å². The number of hydrogen-bond acceptors (Lipinski definition) is 3. The van der Waals surface area contributed by atoms with Gasteiger partial charge in [-0.25, -0.2) is 0 Å². The van der Waals surface area contributed by atoms with Gasteiger partial charge in [0, 0.05) is 5.92 Å². The van der Waals surface area contributed by atoms with Crippen LogP contribution in [0.3, 0.4) is 0 Å². The summed E-state index contributed by atoms with van der Waals surface area (Å²) in [6, 6.07) is 31.8. The fraction of sp³-hybridized carbons (Fsp3) is 0.357. The van der Waals surface area contributed by atoms with E-state index in [-0.39, 0.29) is 18.0 Å². The maximum atomic E-state index is 11.6. The quantitative estimate of drug-likeness (QED) is 0.439. The molecular weight excluding hydrogens is 380 g/mol. The first-order chi connectivity index (χ1) is 15.0. The summed E-state index contributed by atoms with van der Waals surface area (Å²) in [5.74, 6) is 0.150. The van der Waals surface area contributed by atoms with Crippen LogP contribution in [-0.2, 0) is 6.42 Å². The van der Waals surface area contributed by atoms with Crippen molar-refractivity contribution in [1.82, 2.24) is 9.80 Å². The van der Waals surface area contributed by atoms with Crippen LogP contribution in [0.25, 0.3) is 0 Å². The molecule has 0 aliphatic carbocycles. The van der Waals surface area contributed by atoms with Gasteiger partial charge in [0.1, 0.15) is 6.23 Å². The van der Waals surface area contributed by atoms with Crippen LogP contribution < -0.4 is 0 Å². The van der Waals surface area contributed by atoms with Gasteiger partial charge in [0.05, 0.1) is 12.1 Å². The predicted octanol–water partition coefficient (Wildman–Crippen LogP) is 5.55. The maximum absolute atomic E-state index is 11.6. The Hall–Kier alpha value is -2.46. The number of rotatable bonds is 10. The molecule has 3 heteroatoms. The maximum Gasteiger partial charge on any atom is 0.110 e. The van der Waals surface area contributed by atoms with Crippen molar-refractivity contribution >= 4 is 0 Å². The normalized spacial score (nSPS) is 15.6. The smallest absolute Gasteiger partial charge is 0.110 e. The molecular formula is C28H36N2O. The molecule has 0 aliphatic heterocycles. The standard InChI is InChI=1S/C28H36N2O/c1-5-23(21-22-15-9-6-10-16-22)28(31)30(4)27(25-19-13-8-14-20-25)26(29(2)3)24-17-11-7-12-18-24/h6-20,23,26-28,31H,5,21H2,1-4H3/t23?,26-,27-,28?/m1/s1. The Morgan fingerprint density at radius 1 is 0.677 bits per heavy atom. The van der Waals surface area contributed by atoms with Gasteiger partial charge in [0.2, 0.25) is 0 Å². The Bertz CT molecular complexity index is 883. The molecule has 3 aromatic carbocycles. The lowest BCUT2D eigenvalue weighted by molar-refractivity contribution is -0.0666. The minimum Gasteiger partial charge on any atom is -0.378 e. The zero-order valence-electron chi connectivity index (χ0n) is 19.2. The Labute approximate surface area is 188 Å². The topological polar surface area (TPSA) is 26.7 Å². The third-order valence-corrected chi connectivity index (χ3v) is 6.28. The summed E-state index contributed by atoms with van der Waals surface area (Å²) in [5, 5.41) is 11.6. The molecule has 31 heavy (non-hydrogen) atoms. The van der Waals surface area contributed by atoms with E-state index in [4.69, 9.17) is 0 Å². The highest BCUT2D eigenvalue weighted by atomic mass is 16.3. The van der Waals surface area contributed by atoms with Crippen molar-refractivity contribution in [1.29, 1.82) is 0 Å². The lowest BCUT2D eigenvalue weighted by Crippen LogP contribution is -2.45. The molecule has 0 radical (unpaired) electrons. The van der Waals surface area contributed by atoms with Gasteiger partial charge in [-0.2, -0.15) is 0 Å². The number of nitrogens with zero attached hydrogens (tertiary/aromatic N) is 2. The van der Waals surface area contributed by atoms with Crippen LogP contribution in [0, 0.1) is 5.92 Å². The van der Waals surface area contributed by atoms with E-state index in [1.807, 2.05) is 6.07 Å². The Morgan fingerprint density at radius 3 is 1.58 bits per heavy atom. The van der Waals surface area contributed by atoms with Gasteiger partial charge < -0.3 is 10.0 Å². The first-order valence-electron chi connectivity index (χ1n) is 11.2. The van der Waals surface area contributed by atoms with E-state index < -0.39 is 6.23 Å². The molecule has 164 valence electrons. The molecule has 0 saturated carbocycles. The predicted molar refractivity (Wildman–Crippen MR) is 130 cm³/mol. The van der Waals surface area contributed by atoms with Gasteiger partial charge in [0.15, 0.2) is 0 Å². The van der Waals surface area contributed by atoms with Crippen molar-refractivity contribution in [2.75, 3.05) is 21.1 Å². The lowest BCUT2D eigenvalue weighted by atomic mass is 9.88. The molecule has 0 heterocycles. The van der Waals surface area contributed by atoms with Crippen LogP contribution in [0.5, 0.6) is 0 Å². The number of hydrogen-bond donors (Lipinski definition) is 1. The SMILES string of the molecule is CCC(Cc1ccccc1)C(O)N(C)[C@H](c1ccccc1)[C@@H](c1ccccc1)N(C)C. The number of aliphatic hydroxyl groups excluding tert-OH is 1. The minimum absolute atomic E-state index is 0.0124. The first kappa shape index (κ1) is 23.2. The van der Waals surface area contributed by atoms with Gasteiger partial charge in [-0.15, -0.1) is 0 Å². The van der Waals surface area contributed by atoms with Gasteiger partial charge in [-0.05, 0) is 50.7 Å². The largest absolute Gasteiger partial charge is 0.378 e. The monoisotopic (exact) mass is 416 g/mol. The van der Waals surface area contributed by atoms with Crippen LogP contribution in [-0.4, -0.2) is 42.3 Å². The summed E-state index contributed by atoms with van der Waals surface area (Å²) in [6.45, 7) is 2.17. The summed E-state index contributed by atoms with van der Waals surface area (Å²) in [5.41, 5.74) is 3.72. The highest BCUT2D eigenvalue weighted by Crippen LogP contribution is 2.38. The number of aliphatic hydroxyl groups is 1. The minimum atomic E-state index is -0.554. The Morgan fingerprint density at radius 2 is 1.13 bits per heavy atom. The molecule has 3 rings (SSSR count). The van der Waals surface area contributed by atoms with Crippen LogP contribution in [0.15, 0.2) is 91.0 Å². The molecule has 1 N–H and O–H groups in total. The van der Waals surface area contributed by atoms with Crippen molar-refractivity contribution in [2.24, 2.45) is 5.92 Å². The van der Waals surface area contributed by atoms with Gasteiger partial charge >= 0.3 is 0 Å². The highest BCUT2D eigenvalue weighted by Gasteiger charge is 2.35. The molecule has 0 amide bonds. The molecule has 0 saturated heterocycles. The van der Waals surface area contributed by atoms with E-state index in [1.54, 1.807) is 0 Å². The second kappa shape index (κ2) is 11.2. The molecule has 2 unspecified atom stereocenters. The number of likely N-dealkylation sites (N-methyl/N-ethyl adjacent to an activating group) is 2. The summed E-state index contributed by atoms with van der Waals surface area (Å²) in [7, 11) is 6.31. The molecule has 0 aromatic heterocycles. The fourth-order valence-corrected chi connectivity index (χ4v) is 4.58. The van der Waals surface area contributed by atoms with Crippen molar-refractivity contribution < 1.29 is 5.11 Å². The molecule has 0 bridgehead atoms. The average Bonchev–Trinajstić information content (AvgIpc) is 2.81. The van der Waals surface area contributed by atoms with Gasteiger partial charge in [-0.1, -0.05) is 97.9 Å². The molecule has 3 aromatic rings. The molecule has 0 aliphatic rings.